The SMILES string of the molecule is Cc1cc(C(C)(F)C2CCCNC2)ccc1F. The van der Waals surface area contributed by atoms with Crippen LogP contribution in [-0.4, -0.2) is 13.1 Å². The zero-order valence-electron chi connectivity index (χ0n) is 10.4. The van der Waals surface area contributed by atoms with Gasteiger partial charge in [0.25, 0.3) is 0 Å². The molecule has 0 amide bonds. The number of hydrogen-bond acceptors (Lipinski definition) is 1. The molecule has 0 spiro atoms. The van der Waals surface area contributed by atoms with Crippen molar-refractivity contribution in [1.82, 2.24) is 5.32 Å². The second-order valence-corrected chi connectivity index (χ2v) is 5.08. The zero-order chi connectivity index (χ0) is 12.5. The minimum Gasteiger partial charge on any atom is -0.316 e. The molecule has 94 valence electrons. The summed E-state index contributed by atoms with van der Waals surface area (Å²) in [5, 5.41) is 3.22. The zero-order valence-corrected chi connectivity index (χ0v) is 10.4. The number of piperidine rings is 1. The Morgan fingerprint density at radius 2 is 2.18 bits per heavy atom. The predicted octanol–water partition coefficient (Wildman–Crippen LogP) is 3.32. The van der Waals surface area contributed by atoms with Crippen LogP contribution >= 0.6 is 0 Å². The molecule has 0 radical (unpaired) electrons. The van der Waals surface area contributed by atoms with Crippen molar-refractivity contribution in [3.05, 3.63) is 35.1 Å². The van der Waals surface area contributed by atoms with E-state index in [1.54, 1.807) is 26.0 Å². The third-order valence-corrected chi connectivity index (χ3v) is 3.79. The minimum absolute atomic E-state index is 0.0267. The number of halogens is 2. The smallest absolute Gasteiger partial charge is 0.137 e. The van der Waals surface area contributed by atoms with Crippen LogP contribution in [0.2, 0.25) is 0 Å². The van der Waals surface area contributed by atoms with Gasteiger partial charge in [0, 0.05) is 12.5 Å². The topological polar surface area (TPSA) is 12.0 Å². The fourth-order valence-electron chi connectivity index (χ4n) is 2.50. The van der Waals surface area contributed by atoms with Crippen LogP contribution < -0.4 is 5.32 Å². The molecule has 2 atom stereocenters. The van der Waals surface area contributed by atoms with Crippen molar-refractivity contribution in [3.8, 4) is 0 Å². The van der Waals surface area contributed by atoms with E-state index in [4.69, 9.17) is 0 Å². The van der Waals surface area contributed by atoms with Crippen molar-refractivity contribution in [2.75, 3.05) is 13.1 Å². The Hall–Kier alpha value is -0.960. The molecular weight excluding hydrogens is 220 g/mol. The van der Waals surface area contributed by atoms with Crippen molar-refractivity contribution in [1.29, 1.82) is 0 Å². The normalized spacial score (nSPS) is 24.4. The average molecular weight is 239 g/mol. The van der Waals surface area contributed by atoms with Crippen LogP contribution in [0.15, 0.2) is 18.2 Å². The van der Waals surface area contributed by atoms with Crippen molar-refractivity contribution < 1.29 is 8.78 Å². The van der Waals surface area contributed by atoms with E-state index >= 15 is 0 Å². The van der Waals surface area contributed by atoms with Crippen molar-refractivity contribution >= 4 is 0 Å². The van der Waals surface area contributed by atoms with E-state index in [9.17, 15) is 8.78 Å². The molecule has 1 nitrogen and oxygen atoms in total. The quantitative estimate of drug-likeness (QED) is 0.834. The molecule has 0 aliphatic carbocycles. The highest BCUT2D eigenvalue weighted by atomic mass is 19.1. The van der Waals surface area contributed by atoms with Gasteiger partial charge in [0.1, 0.15) is 11.5 Å². The Labute approximate surface area is 101 Å². The fraction of sp³-hybridized carbons (Fsp3) is 0.571. The van der Waals surface area contributed by atoms with Gasteiger partial charge in [-0.2, -0.15) is 0 Å². The molecule has 1 N–H and O–H groups in total. The molecule has 1 heterocycles. The molecule has 1 fully saturated rings. The van der Waals surface area contributed by atoms with Gasteiger partial charge in [-0.1, -0.05) is 6.07 Å². The van der Waals surface area contributed by atoms with E-state index in [-0.39, 0.29) is 11.7 Å². The molecule has 3 heteroatoms. The van der Waals surface area contributed by atoms with Gasteiger partial charge in [-0.3, -0.25) is 0 Å². The summed E-state index contributed by atoms with van der Waals surface area (Å²) in [6.07, 6.45) is 1.89. The molecule has 1 saturated heterocycles. The number of benzene rings is 1. The first kappa shape index (κ1) is 12.5. The van der Waals surface area contributed by atoms with Crippen LogP contribution in [0, 0.1) is 18.7 Å². The summed E-state index contributed by atoms with van der Waals surface area (Å²) in [6.45, 7) is 4.95. The standard InChI is InChI=1S/C14H19F2N/c1-10-8-11(5-6-13(10)15)14(2,16)12-4-3-7-17-9-12/h5-6,8,12,17H,3-4,7,9H2,1-2H3. The molecule has 0 saturated carbocycles. The van der Waals surface area contributed by atoms with E-state index < -0.39 is 5.67 Å². The second-order valence-electron chi connectivity index (χ2n) is 5.08. The van der Waals surface area contributed by atoms with Gasteiger partial charge in [0.15, 0.2) is 0 Å². The number of alkyl halides is 1. The van der Waals surface area contributed by atoms with E-state index in [0.29, 0.717) is 17.7 Å². The summed E-state index contributed by atoms with van der Waals surface area (Å²) in [6, 6.07) is 4.56. The van der Waals surface area contributed by atoms with Crippen LogP contribution in [0.4, 0.5) is 8.78 Å². The van der Waals surface area contributed by atoms with Crippen LogP contribution in [0.3, 0.4) is 0 Å². The third kappa shape index (κ3) is 2.49. The number of rotatable bonds is 2. The Morgan fingerprint density at radius 3 is 2.76 bits per heavy atom. The number of aryl methyl sites for hydroxylation is 1. The van der Waals surface area contributed by atoms with E-state index in [0.717, 1.165) is 19.4 Å². The summed E-state index contributed by atoms with van der Waals surface area (Å²) in [7, 11) is 0. The number of hydrogen-bond donors (Lipinski definition) is 1. The highest BCUT2D eigenvalue weighted by Gasteiger charge is 2.36. The highest BCUT2D eigenvalue weighted by molar-refractivity contribution is 5.29. The van der Waals surface area contributed by atoms with Gasteiger partial charge in [-0.05, 0) is 56.5 Å². The number of nitrogens with one attached hydrogen (secondary N) is 1. The van der Waals surface area contributed by atoms with Crippen LogP contribution in [0.5, 0.6) is 0 Å². The first-order valence-electron chi connectivity index (χ1n) is 6.18. The Morgan fingerprint density at radius 1 is 1.41 bits per heavy atom. The fourth-order valence-corrected chi connectivity index (χ4v) is 2.50. The van der Waals surface area contributed by atoms with E-state index in [2.05, 4.69) is 5.32 Å². The molecule has 1 aromatic rings. The van der Waals surface area contributed by atoms with Gasteiger partial charge in [0.2, 0.25) is 0 Å². The molecule has 2 rings (SSSR count). The maximum absolute atomic E-state index is 14.9. The lowest BCUT2D eigenvalue weighted by Gasteiger charge is -2.34. The van der Waals surface area contributed by atoms with Crippen molar-refractivity contribution in [3.63, 3.8) is 0 Å². The van der Waals surface area contributed by atoms with Gasteiger partial charge < -0.3 is 5.32 Å². The van der Waals surface area contributed by atoms with Crippen molar-refractivity contribution in [2.24, 2.45) is 5.92 Å². The molecular formula is C14H19F2N. The molecule has 0 aromatic heterocycles. The second kappa shape index (κ2) is 4.73. The lowest BCUT2D eigenvalue weighted by atomic mass is 9.80. The molecule has 1 aromatic carbocycles. The molecule has 2 unspecified atom stereocenters. The van der Waals surface area contributed by atoms with Crippen LogP contribution in [0.1, 0.15) is 30.9 Å². The molecule has 17 heavy (non-hydrogen) atoms. The maximum atomic E-state index is 14.9. The molecule has 1 aliphatic heterocycles. The predicted molar refractivity (Wildman–Crippen MR) is 65.2 cm³/mol. The van der Waals surface area contributed by atoms with Crippen LogP contribution in [-0.2, 0) is 5.67 Å². The lowest BCUT2D eigenvalue weighted by molar-refractivity contribution is 0.0810. The first-order chi connectivity index (χ1) is 8.01. The summed E-state index contributed by atoms with van der Waals surface area (Å²) >= 11 is 0. The summed E-state index contributed by atoms with van der Waals surface area (Å²) < 4.78 is 28.1. The first-order valence-corrected chi connectivity index (χ1v) is 6.18. The maximum Gasteiger partial charge on any atom is 0.137 e. The average Bonchev–Trinajstić information content (AvgIpc) is 2.33. The monoisotopic (exact) mass is 239 g/mol. The molecule has 1 aliphatic rings. The molecule has 0 bridgehead atoms. The summed E-state index contributed by atoms with van der Waals surface area (Å²) in [4.78, 5) is 0. The third-order valence-electron chi connectivity index (χ3n) is 3.79. The van der Waals surface area contributed by atoms with Gasteiger partial charge >= 0.3 is 0 Å². The summed E-state index contributed by atoms with van der Waals surface area (Å²) in [5.74, 6) is -0.299. The lowest BCUT2D eigenvalue weighted by Crippen LogP contribution is -2.40. The van der Waals surface area contributed by atoms with E-state index in [1.165, 1.54) is 6.07 Å². The minimum atomic E-state index is -1.38. The van der Waals surface area contributed by atoms with Crippen LogP contribution in [0.25, 0.3) is 0 Å². The van der Waals surface area contributed by atoms with Gasteiger partial charge in [-0.25, -0.2) is 8.78 Å². The van der Waals surface area contributed by atoms with Crippen molar-refractivity contribution in [2.45, 2.75) is 32.4 Å². The Bertz CT molecular complexity index is 395. The van der Waals surface area contributed by atoms with Gasteiger partial charge in [-0.15, -0.1) is 0 Å². The summed E-state index contributed by atoms with van der Waals surface area (Å²) in [5.41, 5.74) is -0.286. The van der Waals surface area contributed by atoms with E-state index in [1.807, 2.05) is 0 Å². The highest BCUT2D eigenvalue weighted by Crippen LogP contribution is 2.37. The Balaban J connectivity index is 2.26. The van der Waals surface area contributed by atoms with Gasteiger partial charge in [0.05, 0.1) is 0 Å². The largest absolute Gasteiger partial charge is 0.316 e. The Kier molecular flexibility index (Phi) is 3.48.